The first kappa shape index (κ1) is 15.2. The van der Waals surface area contributed by atoms with E-state index in [1.54, 1.807) is 0 Å². The van der Waals surface area contributed by atoms with Gasteiger partial charge in [0.1, 0.15) is 10.5 Å². The zero-order valence-corrected chi connectivity index (χ0v) is 13.4. The van der Waals surface area contributed by atoms with Crippen molar-refractivity contribution in [2.45, 2.75) is 78.2 Å². The molecule has 0 saturated heterocycles. The Labute approximate surface area is 99.5 Å². The van der Waals surface area contributed by atoms with Gasteiger partial charge in [-0.3, -0.25) is 0 Å². The highest BCUT2D eigenvalue weighted by molar-refractivity contribution is 5.98. The molecular formula is C13H30OSi. The molecule has 0 fully saturated rings. The van der Waals surface area contributed by atoms with Gasteiger partial charge in [0.15, 0.2) is 0 Å². The second-order valence-corrected chi connectivity index (χ2v) is 5.07. The quantitative estimate of drug-likeness (QED) is 0.551. The van der Waals surface area contributed by atoms with Crippen molar-refractivity contribution < 1.29 is 4.43 Å². The summed E-state index contributed by atoms with van der Waals surface area (Å²) in [6.07, 6.45) is 8.91. The lowest BCUT2D eigenvalue weighted by molar-refractivity contribution is -0.00870. The van der Waals surface area contributed by atoms with E-state index in [4.69, 9.17) is 4.43 Å². The third kappa shape index (κ3) is 4.27. The Bertz CT molecular complexity index is 141. The van der Waals surface area contributed by atoms with Gasteiger partial charge in [-0.15, -0.1) is 0 Å². The van der Waals surface area contributed by atoms with Gasteiger partial charge in [0, 0.05) is 0 Å². The van der Waals surface area contributed by atoms with Crippen LogP contribution in [0.3, 0.4) is 0 Å². The van der Waals surface area contributed by atoms with E-state index < -0.39 is 0 Å². The molecule has 92 valence electrons. The van der Waals surface area contributed by atoms with Crippen molar-refractivity contribution in [3.63, 3.8) is 0 Å². The summed E-state index contributed by atoms with van der Waals surface area (Å²) in [6.45, 7) is 9.17. The Morgan fingerprint density at radius 1 is 1.00 bits per heavy atom. The van der Waals surface area contributed by atoms with Crippen molar-refractivity contribution in [1.29, 1.82) is 0 Å². The number of hydrogen-bond acceptors (Lipinski definition) is 1. The second-order valence-electron chi connectivity index (χ2n) is 4.66. The first-order valence-corrected chi connectivity index (χ1v) is 7.57. The Hall–Kier alpha value is 0.177. The average molecular weight is 230 g/mol. The monoisotopic (exact) mass is 230 g/mol. The van der Waals surface area contributed by atoms with Gasteiger partial charge in [0.25, 0.3) is 0 Å². The van der Waals surface area contributed by atoms with Gasteiger partial charge < -0.3 is 4.43 Å². The summed E-state index contributed by atoms with van der Waals surface area (Å²) < 4.78 is 6.06. The maximum atomic E-state index is 6.06. The fraction of sp³-hybridized carbons (Fsp3) is 1.00. The normalized spacial score (nSPS) is 14.4. The van der Waals surface area contributed by atoms with Crippen LogP contribution < -0.4 is 0 Å². The van der Waals surface area contributed by atoms with Crippen molar-refractivity contribution in [1.82, 2.24) is 0 Å². The lowest BCUT2D eigenvalue weighted by Gasteiger charge is -2.40. The smallest absolute Gasteiger partial charge is 0.146 e. The van der Waals surface area contributed by atoms with E-state index in [1.165, 1.54) is 44.9 Å². The molecule has 0 radical (unpaired) electrons. The maximum Gasteiger partial charge on any atom is 0.146 e. The van der Waals surface area contributed by atoms with Crippen molar-refractivity contribution in [2.24, 2.45) is 5.92 Å². The zero-order valence-electron chi connectivity index (χ0n) is 11.4. The minimum absolute atomic E-state index is 0.223. The Balaban J connectivity index is 4.65. The Morgan fingerprint density at radius 2 is 1.53 bits per heavy atom. The highest BCUT2D eigenvalue weighted by Crippen LogP contribution is 2.36. The molecule has 15 heavy (non-hydrogen) atoms. The molecule has 0 N–H and O–H groups in total. The molecule has 0 heterocycles. The minimum Gasteiger partial charge on any atom is -0.422 e. The molecule has 1 nitrogen and oxygen atoms in total. The molecule has 0 aliphatic carbocycles. The van der Waals surface area contributed by atoms with Gasteiger partial charge in [-0.2, -0.15) is 0 Å². The summed E-state index contributed by atoms with van der Waals surface area (Å²) in [6, 6.07) is 0. The fourth-order valence-corrected chi connectivity index (χ4v) is 3.68. The summed E-state index contributed by atoms with van der Waals surface area (Å²) in [5.41, 5.74) is 0.223. The van der Waals surface area contributed by atoms with Crippen LogP contribution in [0.4, 0.5) is 0 Å². The van der Waals surface area contributed by atoms with Crippen LogP contribution >= 0.6 is 0 Å². The molecular weight excluding hydrogens is 200 g/mol. The lowest BCUT2D eigenvalue weighted by Crippen LogP contribution is -2.40. The van der Waals surface area contributed by atoms with Crippen LogP contribution in [-0.4, -0.2) is 16.1 Å². The van der Waals surface area contributed by atoms with Gasteiger partial charge in [-0.25, -0.2) is 0 Å². The predicted octanol–water partition coefficient (Wildman–Crippen LogP) is 3.45. The highest BCUT2D eigenvalue weighted by atomic mass is 28.2. The molecule has 0 spiro atoms. The first-order chi connectivity index (χ1) is 7.20. The van der Waals surface area contributed by atoms with Gasteiger partial charge in [-0.05, 0) is 25.2 Å². The highest BCUT2D eigenvalue weighted by Gasteiger charge is 2.34. The topological polar surface area (TPSA) is 9.23 Å². The van der Waals surface area contributed by atoms with Crippen LogP contribution in [0.15, 0.2) is 0 Å². The van der Waals surface area contributed by atoms with E-state index in [-0.39, 0.29) is 5.60 Å². The molecule has 0 aliphatic rings. The molecule has 0 aromatic heterocycles. The largest absolute Gasteiger partial charge is 0.422 e. The summed E-state index contributed by atoms with van der Waals surface area (Å²) in [4.78, 5) is 0. The van der Waals surface area contributed by atoms with Crippen LogP contribution in [0, 0.1) is 5.92 Å². The van der Waals surface area contributed by atoms with Crippen LogP contribution in [0.2, 0.25) is 0 Å². The van der Waals surface area contributed by atoms with E-state index in [0.29, 0.717) is 0 Å². The molecule has 0 bridgehead atoms. The summed E-state index contributed by atoms with van der Waals surface area (Å²) in [7, 11) is 0.884. The van der Waals surface area contributed by atoms with E-state index in [9.17, 15) is 0 Å². The third-order valence-electron chi connectivity index (χ3n) is 3.63. The maximum absolute atomic E-state index is 6.06. The number of rotatable bonds is 9. The molecule has 0 aliphatic heterocycles. The molecule has 1 atom stereocenters. The van der Waals surface area contributed by atoms with E-state index >= 15 is 0 Å². The molecule has 1 unspecified atom stereocenters. The molecule has 0 amide bonds. The van der Waals surface area contributed by atoms with Crippen LogP contribution in [0.1, 0.15) is 72.6 Å². The van der Waals surface area contributed by atoms with Crippen LogP contribution in [0.5, 0.6) is 0 Å². The average Bonchev–Trinajstić information content (AvgIpc) is 2.25. The van der Waals surface area contributed by atoms with Gasteiger partial charge in [0.2, 0.25) is 0 Å². The Morgan fingerprint density at radius 3 is 1.80 bits per heavy atom. The summed E-state index contributed by atoms with van der Waals surface area (Å²) in [5, 5.41) is 0. The van der Waals surface area contributed by atoms with E-state index in [0.717, 1.165) is 16.4 Å². The fourth-order valence-electron chi connectivity index (χ4n) is 2.94. The molecule has 2 heteroatoms. The molecule has 0 rings (SSSR count). The third-order valence-corrected chi connectivity index (χ3v) is 4.44. The van der Waals surface area contributed by atoms with Gasteiger partial charge in [0.05, 0.1) is 5.60 Å². The van der Waals surface area contributed by atoms with Crippen molar-refractivity contribution in [3.05, 3.63) is 0 Å². The van der Waals surface area contributed by atoms with Crippen molar-refractivity contribution in [3.8, 4) is 0 Å². The SMILES string of the molecule is CCCC(CC)C(CCC)(CCC)O[SiH3]. The predicted molar refractivity (Wildman–Crippen MR) is 72.3 cm³/mol. The minimum atomic E-state index is 0.223. The zero-order chi connectivity index (χ0) is 11.7. The van der Waals surface area contributed by atoms with Gasteiger partial charge in [-0.1, -0.05) is 53.4 Å². The molecule has 0 aromatic carbocycles. The summed E-state index contributed by atoms with van der Waals surface area (Å²) >= 11 is 0. The second kappa shape index (κ2) is 8.34. The van der Waals surface area contributed by atoms with Crippen molar-refractivity contribution >= 4 is 10.5 Å². The van der Waals surface area contributed by atoms with Crippen molar-refractivity contribution in [2.75, 3.05) is 0 Å². The summed E-state index contributed by atoms with van der Waals surface area (Å²) in [5.74, 6) is 0.778. The van der Waals surface area contributed by atoms with Gasteiger partial charge >= 0.3 is 0 Å². The van der Waals surface area contributed by atoms with E-state index in [1.807, 2.05) is 0 Å². The first-order valence-electron chi connectivity index (χ1n) is 6.75. The number of hydrogen-bond donors (Lipinski definition) is 0. The standard InChI is InChI=1S/C13H30OSi/c1-5-9-12(8-4)13(14-15,10-6-2)11-7-3/h12H,5-11H2,1-4,15H3. The van der Waals surface area contributed by atoms with Crippen LogP contribution in [-0.2, 0) is 4.43 Å². The molecule has 0 saturated carbocycles. The molecule has 0 aromatic rings. The van der Waals surface area contributed by atoms with E-state index in [2.05, 4.69) is 27.7 Å². The van der Waals surface area contributed by atoms with Crippen LogP contribution in [0.25, 0.3) is 0 Å². The lowest BCUT2D eigenvalue weighted by atomic mass is 9.76. The Kier molecular flexibility index (Phi) is 8.44.